The molecule has 2 atom stereocenters. The topological polar surface area (TPSA) is 35.5 Å². The van der Waals surface area contributed by atoms with Crippen LogP contribution in [0.3, 0.4) is 0 Å². The highest BCUT2D eigenvalue weighted by atomic mass is 35.5. The summed E-state index contributed by atoms with van der Waals surface area (Å²) in [5.41, 5.74) is 0.541. The SMILES string of the molecule is O=C(c1ccccc1)C(Cl)C(Cl)C1OCCCO1. The van der Waals surface area contributed by atoms with Gasteiger partial charge in [0.1, 0.15) is 10.8 Å². The number of alkyl halides is 2. The van der Waals surface area contributed by atoms with Crippen LogP contribution in [0, 0.1) is 0 Å². The average Bonchev–Trinajstić information content (AvgIpc) is 2.47. The van der Waals surface area contributed by atoms with Crippen LogP contribution in [0.5, 0.6) is 0 Å². The van der Waals surface area contributed by atoms with E-state index in [0.717, 1.165) is 6.42 Å². The van der Waals surface area contributed by atoms with E-state index in [1.54, 1.807) is 24.3 Å². The van der Waals surface area contributed by atoms with Crippen molar-refractivity contribution in [2.45, 2.75) is 23.5 Å². The third kappa shape index (κ3) is 3.23. The number of hydrogen-bond donors (Lipinski definition) is 0. The Morgan fingerprint density at radius 1 is 1.17 bits per heavy atom. The molecule has 0 saturated carbocycles. The third-order valence-electron chi connectivity index (χ3n) is 2.70. The summed E-state index contributed by atoms with van der Waals surface area (Å²) in [7, 11) is 0. The standard InChI is InChI=1S/C13H14Cl2O3/c14-10(11(15)13-17-7-4-8-18-13)12(16)9-5-2-1-3-6-9/h1-3,5-6,10-11,13H,4,7-8H2. The second kappa shape index (κ2) is 6.53. The number of ketones is 1. The van der Waals surface area contributed by atoms with Gasteiger partial charge in [0.2, 0.25) is 0 Å². The normalized spacial score (nSPS) is 20.3. The summed E-state index contributed by atoms with van der Waals surface area (Å²) >= 11 is 12.3. The molecule has 2 unspecified atom stereocenters. The maximum Gasteiger partial charge on any atom is 0.182 e. The predicted molar refractivity (Wildman–Crippen MR) is 70.4 cm³/mol. The van der Waals surface area contributed by atoms with Crippen molar-refractivity contribution in [3.8, 4) is 0 Å². The zero-order valence-electron chi connectivity index (χ0n) is 9.72. The Labute approximate surface area is 116 Å². The van der Waals surface area contributed by atoms with Gasteiger partial charge in [-0.15, -0.1) is 23.2 Å². The molecule has 0 N–H and O–H groups in total. The third-order valence-corrected chi connectivity index (χ3v) is 3.76. The van der Waals surface area contributed by atoms with Crippen molar-refractivity contribution in [2.24, 2.45) is 0 Å². The Hall–Kier alpha value is -0.610. The number of hydrogen-bond acceptors (Lipinski definition) is 3. The number of halogens is 2. The van der Waals surface area contributed by atoms with Gasteiger partial charge in [-0.1, -0.05) is 30.3 Å². The Kier molecular flexibility index (Phi) is 5.01. The summed E-state index contributed by atoms with van der Waals surface area (Å²) in [6, 6.07) is 8.83. The first-order chi connectivity index (χ1) is 8.70. The van der Waals surface area contributed by atoms with E-state index in [1.165, 1.54) is 0 Å². The maximum absolute atomic E-state index is 12.1. The maximum atomic E-state index is 12.1. The van der Waals surface area contributed by atoms with Crippen LogP contribution in [-0.2, 0) is 9.47 Å². The van der Waals surface area contributed by atoms with Crippen LogP contribution in [0.25, 0.3) is 0 Å². The average molecular weight is 289 g/mol. The molecular formula is C13H14Cl2O3. The molecule has 0 radical (unpaired) electrons. The fourth-order valence-corrected chi connectivity index (χ4v) is 2.24. The molecule has 0 aromatic heterocycles. The summed E-state index contributed by atoms with van der Waals surface area (Å²) in [4.78, 5) is 12.1. The van der Waals surface area contributed by atoms with E-state index in [1.807, 2.05) is 6.07 Å². The van der Waals surface area contributed by atoms with Gasteiger partial charge in [-0.05, 0) is 6.42 Å². The molecule has 1 aromatic rings. The molecule has 98 valence electrons. The number of rotatable bonds is 4. The smallest absolute Gasteiger partial charge is 0.182 e. The Balaban J connectivity index is 2.01. The van der Waals surface area contributed by atoms with E-state index >= 15 is 0 Å². The van der Waals surface area contributed by atoms with Gasteiger partial charge >= 0.3 is 0 Å². The van der Waals surface area contributed by atoms with Crippen LogP contribution in [-0.4, -0.2) is 36.0 Å². The van der Waals surface area contributed by atoms with Crippen LogP contribution in [0.1, 0.15) is 16.8 Å². The monoisotopic (exact) mass is 288 g/mol. The van der Waals surface area contributed by atoms with Crippen molar-refractivity contribution in [1.82, 2.24) is 0 Å². The van der Waals surface area contributed by atoms with Gasteiger partial charge in [0.05, 0.1) is 13.2 Å². The van der Waals surface area contributed by atoms with Crippen molar-refractivity contribution in [2.75, 3.05) is 13.2 Å². The van der Waals surface area contributed by atoms with Crippen LogP contribution < -0.4 is 0 Å². The number of ether oxygens (including phenoxy) is 2. The molecule has 0 bridgehead atoms. The molecule has 1 aromatic carbocycles. The summed E-state index contributed by atoms with van der Waals surface area (Å²) in [6.45, 7) is 1.16. The molecule has 1 aliphatic rings. The van der Waals surface area contributed by atoms with Gasteiger partial charge in [0.25, 0.3) is 0 Å². The zero-order valence-corrected chi connectivity index (χ0v) is 11.2. The predicted octanol–water partition coefficient (Wildman–Crippen LogP) is 2.85. The van der Waals surface area contributed by atoms with E-state index < -0.39 is 17.0 Å². The second-order valence-electron chi connectivity index (χ2n) is 4.04. The summed E-state index contributed by atoms with van der Waals surface area (Å²) in [5.74, 6) is -0.213. The largest absolute Gasteiger partial charge is 0.351 e. The molecule has 5 heteroatoms. The number of carbonyl (C=O) groups is 1. The quantitative estimate of drug-likeness (QED) is 0.631. The van der Waals surface area contributed by atoms with E-state index in [4.69, 9.17) is 32.7 Å². The lowest BCUT2D eigenvalue weighted by atomic mass is 10.1. The molecular weight excluding hydrogens is 275 g/mol. The molecule has 2 rings (SSSR count). The first-order valence-electron chi connectivity index (χ1n) is 5.81. The Morgan fingerprint density at radius 3 is 2.39 bits per heavy atom. The van der Waals surface area contributed by atoms with Crippen LogP contribution in [0.2, 0.25) is 0 Å². The van der Waals surface area contributed by atoms with Crippen molar-refractivity contribution >= 4 is 29.0 Å². The summed E-state index contributed by atoms with van der Waals surface area (Å²) in [5, 5.41) is -1.56. The second-order valence-corrected chi connectivity index (χ2v) is 5.01. The highest BCUT2D eigenvalue weighted by Gasteiger charge is 2.34. The lowest BCUT2D eigenvalue weighted by Gasteiger charge is -2.28. The highest BCUT2D eigenvalue weighted by Crippen LogP contribution is 2.23. The summed E-state index contributed by atoms with van der Waals surface area (Å²) in [6.07, 6.45) is 0.218. The lowest BCUT2D eigenvalue weighted by Crippen LogP contribution is -2.40. The van der Waals surface area contributed by atoms with E-state index in [0.29, 0.717) is 18.8 Å². The molecule has 1 saturated heterocycles. The molecule has 1 aliphatic heterocycles. The first-order valence-corrected chi connectivity index (χ1v) is 6.68. The molecule has 3 nitrogen and oxygen atoms in total. The van der Waals surface area contributed by atoms with Gasteiger partial charge in [0.15, 0.2) is 12.1 Å². The molecule has 1 fully saturated rings. The fraction of sp³-hybridized carbons (Fsp3) is 0.462. The van der Waals surface area contributed by atoms with Gasteiger partial charge in [-0.2, -0.15) is 0 Å². The van der Waals surface area contributed by atoms with Crippen molar-refractivity contribution < 1.29 is 14.3 Å². The van der Waals surface area contributed by atoms with Gasteiger partial charge < -0.3 is 9.47 Å². The van der Waals surface area contributed by atoms with Crippen molar-refractivity contribution in [3.63, 3.8) is 0 Å². The molecule has 1 heterocycles. The minimum atomic E-state index is -0.864. The number of benzene rings is 1. The van der Waals surface area contributed by atoms with Gasteiger partial charge in [0, 0.05) is 5.56 Å². The minimum Gasteiger partial charge on any atom is -0.351 e. The van der Waals surface area contributed by atoms with Gasteiger partial charge in [-0.3, -0.25) is 4.79 Å². The Morgan fingerprint density at radius 2 is 1.78 bits per heavy atom. The first kappa shape index (κ1) is 13.8. The number of Topliss-reactive ketones (excluding diaryl/α,β-unsaturated/α-hetero) is 1. The fourth-order valence-electron chi connectivity index (χ4n) is 1.73. The van der Waals surface area contributed by atoms with E-state index in [2.05, 4.69) is 0 Å². The lowest BCUT2D eigenvalue weighted by molar-refractivity contribution is -0.177. The van der Waals surface area contributed by atoms with Crippen LogP contribution in [0.4, 0.5) is 0 Å². The van der Waals surface area contributed by atoms with Crippen molar-refractivity contribution in [3.05, 3.63) is 35.9 Å². The van der Waals surface area contributed by atoms with Gasteiger partial charge in [-0.25, -0.2) is 0 Å². The Bertz CT molecular complexity index is 390. The molecule has 0 amide bonds. The van der Waals surface area contributed by atoms with Crippen molar-refractivity contribution in [1.29, 1.82) is 0 Å². The molecule has 0 spiro atoms. The molecule has 18 heavy (non-hydrogen) atoms. The van der Waals surface area contributed by atoms with Crippen LogP contribution >= 0.6 is 23.2 Å². The van der Waals surface area contributed by atoms with Crippen LogP contribution in [0.15, 0.2) is 30.3 Å². The summed E-state index contributed by atoms with van der Waals surface area (Å²) < 4.78 is 10.7. The molecule has 0 aliphatic carbocycles. The minimum absolute atomic E-state index is 0.213. The van der Waals surface area contributed by atoms with E-state index in [9.17, 15) is 4.79 Å². The zero-order chi connectivity index (χ0) is 13.0. The van der Waals surface area contributed by atoms with E-state index in [-0.39, 0.29) is 5.78 Å². The number of carbonyl (C=O) groups excluding carboxylic acids is 1. The highest BCUT2D eigenvalue weighted by molar-refractivity contribution is 6.39.